The highest BCUT2D eigenvalue weighted by molar-refractivity contribution is 5.71. The molecule has 0 heterocycles. The van der Waals surface area contributed by atoms with Gasteiger partial charge in [-0.3, -0.25) is 14.4 Å². The zero-order chi connectivity index (χ0) is 54.3. The Morgan fingerprint density at radius 2 is 0.520 bits per heavy atom. The summed E-state index contributed by atoms with van der Waals surface area (Å²) in [6, 6.07) is 0. The highest BCUT2D eigenvalue weighted by atomic mass is 16.6. The molecule has 0 rings (SSSR count). The average molecular weight is 1050 g/mol. The van der Waals surface area contributed by atoms with E-state index in [-0.39, 0.29) is 37.5 Å². The lowest BCUT2D eigenvalue weighted by Gasteiger charge is -2.18. The van der Waals surface area contributed by atoms with Gasteiger partial charge in [0.1, 0.15) is 13.2 Å². The van der Waals surface area contributed by atoms with Crippen LogP contribution in [0.4, 0.5) is 0 Å². The highest BCUT2D eigenvalue weighted by Crippen LogP contribution is 2.18. The van der Waals surface area contributed by atoms with Crippen molar-refractivity contribution < 1.29 is 28.6 Å². The number of carbonyl (C=O) groups is 3. The summed E-state index contributed by atoms with van der Waals surface area (Å²) in [5.41, 5.74) is 0. The summed E-state index contributed by atoms with van der Waals surface area (Å²) in [4.78, 5) is 38.2. The third-order valence-corrected chi connectivity index (χ3v) is 14.5. The summed E-state index contributed by atoms with van der Waals surface area (Å²) >= 11 is 0. The molecule has 0 saturated heterocycles. The van der Waals surface area contributed by atoms with Gasteiger partial charge in [0.15, 0.2) is 6.10 Å². The van der Waals surface area contributed by atoms with Gasteiger partial charge in [-0.2, -0.15) is 0 Å². The van der Waals surface area contributed by atoms with Gasteiger partial charge in [-0.15, -0.1) is 0 Å². The number of esters is 3. The lowest BCUT2D eigenvalue weighted by Crippen LogP contribution is -2.30. The van der Waals surface area contributed by atoms with E-state index in [9.17, 15) is 14.4 Å². The van der Waals surface area contributed by atoms with Crippen LogP contribution < -0.4 is 0 Å². The molecule has 0 saturated carbocycles. The van der Waals surface area contributed by atoms with E-state index in [0.717, 1.165) is 83.5 Å². The number of rotatable bonds is 60. The number of carbonyl (C=O) groups excluding carboxylic acids is 3. The molecule has 0 amide bonds. The third-order valence-electron chi connectivity index (χ3n) is 14.5. The zero-order valence-electron chi connectivity index (χ0n) is 50.1. The molecule has 0 fully saturated rings. The molecular formula is C69H124O6. The van der Waals surface area contributed by atoms with E-state index >= 15 is 0 Å². The lowest BCUT2D eigenvalue weighted by atomic mass is 10.0. The van der Waals surface area contributed by atoms with Crippen LogP contribution in [-0.4, -0.2) is 37.2 Å². The largest absolute Gasteiger partial charge is 0.462 e. The maximum Gasteiger partial charge on any atom is 0.306 e. The minimum absolute atomic E-state index is 0.0906. The smallest absolute Gasteiger partial charge is 0.306 e. The second kappa shape index (κ2) is 63.6. The van der Waals surface area contributed by atoms with E-state index in [2.05, 4.69) is 81.5 Å². The maximum atomic E-state index is 12.9. The van der Waals surface area contributed by atoms with Crippen molar-refractivity contribution >= 4 is 17.9 Å². The Morgan fingerprint density at radius 3 is 0.853 bits per heavy atom. The molecule has 0 aliphatic carbocycles. The van der Waals surface area contributed by atoms with Crippen molar-refractivity contribution in [3.8, 4) is 0 Å². The predicted molar refractivity (Wildman–Crippen MR) is 325 cm³/mol. The van der Waals surface area contributed by atoms with Gasteiger partial charge in [0.25, 0.3) is 0 Å². The first-order valence-corrected chi connectivity index (χ1v) is 32.8. The van der Waals surface area contributed by atoms with Crippen LogP contribution in [-0.2, 0) is 28.6 Å². The molecule has 0 spiro atoms. The van der Waals surface area contributed by atoms with Crippen molar-refractivity contribution in [1.29, 1.82) is 0 Å². The molecule has 1 atom stereocenters. The van der Waals surface area contributed by atoms with Gasteiger partial charge in [-0.25, -0.2) is 0 Å². The quantitative estimate of drug-likeness (QED) is 0.0261. The molecule has 0 N–H and O–H groups in total. The van der Waals surface area contributed by atoms with Crippen molar-refractivity contribution in [2.45, 2.75) is 348 Å². The topological polar surface area (TPSA) is 78.9 Å². The molecule has 0 aliphatic heterocycles. The van der Waals surface area contributed by atoms with E-state index in [4.69, 9.17) is 14.2 Å². The van der Waals surface area contributed by atoms with Crippen molar-refractivity contribution in [3.05, 3.63) is 60.8 Å². The molecule has 6 nitrogen and oxygen atoms in total. The second-order valence-corrected chi connectivity index (χ2v) is 22.0. The van der Waals surface area contributed by atoms with Crippen LogP contribution in [0.25, 0.3) is 0 Å². The fourth-order valence-electron chi connectivity index (χ4n) is 9.61. The summed E-state index contributed by atoms with van der Waals surface area (Å²) in [6.07, 6.45) is 81.1. The van der Waals surface area contributed by atoms with E-state index in [1.165, 1.54) is 212 Å². The standard InChI is InChI=1S/C69H124O6/c1-4-7-10-13-16-19-22-25-28-29-30-31-32-33-34-35-36-37-38-39-40-42-44-47-50-53-56-59-62-68(71)74-65-66(64-73-67(70)61-58-55-52-49-46-43-27-24-21-18-15-12-9-6-3)75-69(72)63-60-57-54-51-48-45-41-26-23-20-17-14-11-8-5-2/h8,11,17,20,24,26-27,41,48,51,66H,4-7,9-10,12-16,18-19,21-23,25,28-40,42-47,49-50,52-65H2,1-3H3/b11-8-,20-17-,27-24-,41-26-,51-48-. The lowest BCUT2D eigenvalue weighted by molar-refractivity contribution is -0.167. The molecule has 75 heavy (non-hydrogen) atoms. The van der Waals surface area contributed by atoms with Crippen LogP contribution in [0.15, 0.2) is 60.8 Å². The Labute approximate surface area is 466 Å². The van der Waals surface area contributed by atoms with Gasteiger partial charge >= 0.3 is 17.9 Å². The zero-order valence-corrected chi connectivity index (χ0v) is 50.1. The van der Waals surface area contributed by atoms with Crippen molar-refractivity contribution in [2.75, 3.05) is 13.2 Å². The summed E-state index contributed by atoms with van der Waals surface area (Å²) in [6.45, 7) is 6.52. The van der Waals surface area contributed by atoms with Crippen molar-refractivity contribution in [1.82, 2.24) is 0 Å². The molecule has 0 aliphatic rings. The average Bonchev–Trinajstić information content (AvgIpc) is 3.41. The van der Waals surface area contributed by atoms with Crippen LogP contribution in [0.3, 0.4) is 0 Å². The SMILES string of the molecule is CC/C=C\C/C=C\C/C=C\C/C=C\CCCCC(=O)OC(COC(=O)CCCCCCC/C=C\CCCCCCC)COC(=O)CCCCCCCCCCCCCCCCCCCCCCCCCCCCCC. The molecule has 436 valence electrons. The number of unbranched alkanes of at least 4 members (excludes halogenated alkanes) is 39. The summed E-state index contributed by atoms with van der Waals surface area (Å²) in [5.74, 6) is -0.925. The van der Waals surface area contributed by atoms with Gasteiger partial charge in [0.2, 0.25) is 0 Å². The first-order chi connectivity index (χ1) is 37.0. The Hall–Kier alpha value is -2.89. The molecule has 0 aromatic carbocycles. The minimum atomic E-state index is -0.798. The molecule has 0 bridgehead atoms. The molecule has 0 radical (unpaired) electrons. The van der Waals surface area contributed by atoms with E-state index < -0.39 is 6.10 Å². The molecule has 6 heteroatoms. The van der Waals surface area contributed by atoms with Crippen molar-refractivity contribution in [3.63, 3.8) is 0 Å². The normalized spacial score (nSPS) is 12.4. The summed E-state index contributed by atoms with van der Waals surface area (Å²) in [5, 5.41) is 0. The number of allylic oxidation sites excluding steroid dienone is 10. The first kappa shape index (κ1) is 72.1. The molecule has 0 aromatic rings. The van der Waals surface area contributed by atoms with Gasteiger partial charge in [0, 0.05) is 19.3 Å². The van der Waals surface area contributed by atoms with E-state index in [1.54, 1.807) is 0 Å². The fourth-order valence-corrected chi connectivity index (χ4v) is 9.61. The first-order valence-electron chi connectivity index (χ1n) is 32.8. The van der Waals surface area contributed by atoms with Crippen LogP contribution in [0.1, 0.15) is 342 Å². The fraction of sp³-hybridized carbons (Fsp3) is 0.812. The van der Waals surface area contributed by atoms with Crippen LogP contribution in [0.5, 0.6) is 0 Å². The molecule has 1 unspecified atom stereocenters. The number of hydrogen-bond acceptors (Lipinski definition) is 6. The van der Waals surface area contributed by atoms with Crippen LogP contribution in [0.2, 0.25) is 0 Å². The molecular weight excluding hydrogens is 925 g/mol. The van der Waals surface area contributed by atoms with Crippen LogP contribution >= 0.6 is 0 Å². The van der Waals surface area contributed by atoms with Gasteiger partial charge in [-0.1, -0.05) is 300 Å². The summed E-state index contributed by atoms with van der Waals surface area (Å²) in [7, 11) is 0. The molecule has 0 aromatic heterocycles. The van der Waals surface area contributed by atoms with Crippen molar-refractivity contribution in [2.24, 2.45) is 0 Å². The highest BCUT2D eigenvalue weighted by Gasteiger charge is 2.19. The monoisotopic (exact) mass is 1050 g/mol. The Bertz CT molecular complexity index is 1340. The van der Waals surface area contributed by atoms with Gasteiger partial charge in [0.05, 0.1) is 0 Å². The number of hydrogen-bond donors (Lipinski definition) is 0. The van der Waals surface area contributed by atoms with E-state index in [0.29, 0.717) is 19.3 Å². The number of ether oxygens (including phenoxy) is 3. The maximum absolute atomic E-state index is 12.9. The Kier molecular flexibility index (Phi) is 61.2. The third kappa shape index (κ3) is 61.8. The van der Waals surface area contributed by atoms with E-state index in [1.807, 2.05) is 0 Å². The Balaban J connectivity index is 4.22. The summed E-state index contributed by atoms with van der Waals surface area (Å²) < 4.78 is 16.9. The Morgan fingerprint density at radius 1 is 0.280 bits per heavy atom. The minimum Gasteiger partial charge on any atom is -0.462 e. The van der Waals surface area contributed by atoms with Gasteiger partial charge < -0.3 is 14.2 Å². The van der Waals surface area contributed by atoms with Gasteiger partial charge in [-0.05, 0) is 83.5 Å². The predicted octanol–water partition coefficient (Wildman–Crippen LogP) is 22.3. The second-order valence-electron chi connectivity index (χ2n) is 22.0. The van der Waals surface area contributed by atoms with Crippen LogP contribution in [0, 0.1) is 0 Å².